The first-order valence-electron chi connectivity index (χ1n) is 8.60. The van der Waals surface area contributed by atoms with Crippen LogP contribution < -0.4 is 10.1 Å². The Morgan fingerprint density at radius 1 is 1.33 bits per heavy atom. The molecule has 1 aromatic carbocycles. The maximum absolute atomic E-state index is 13.5. The average molecular weight is 335 g/mol. The van der Waals surface area contributed by atoms with Crippen molar-refractivity contribution in [3.63, 3.8) is 0 Å². The molecule has 1 N–H and O–H groups in total. The monoisotopic (exact) mass is 335 g/mol. The lowest BCUT2D eigenvalue weighted by Gasteiger charge is -2.21. The maximum Gasteiger partial charge on any atom is 0.244 e. The molecule has 0 atom stereocenters. The van der Waals surface area contributed by atoms with E-state index >= 15 is 0 Å². The summed E-state index contributed by atoms with van der Waals surface area (Å²) in [7, 11) is 1.42. The molecule has 2 rings (SSSR count). The van der Waals surface area contributed by atoms with E-state index in [0.29, 0.717) is 24.8 Å². The Morgan fingerprint density at radius 2 is 2.12 bits per heavy atom. The third-order valence-electron chi connectivity index (χ3n) is 4.13. The molecule has 0 unspecified atom stereocenters. The van der Waals surface area contributed by atoms with Crippen molar-refractivity contribution in [3.05, 3.63) is 35.7 Å². The molecule has 1 amide bonds. The predicted octanol–water partition coefficient (Wildman–Crippen LogP) is 3.70. The minimum absolute atomic E-state index is 0.189. The van der Waals surface area contributed by atoms with E-state index in [-0.39, 0.29) is 11.7 Å². The first-order valence-corrected chi connectivity index (χ1v) is 8.60. The van der Waals surface area contributed by atoms with Gasteiger partial charge in [-0.05, 0) is 43.0 Å². The first kappa shape index (κ1) is 18.5. The minimum Gasteiger partial charge on any atom is -0.494 e. The van der Waals surface area contributed by atoms with Gasteiger partial charge in [0.2, 0.25) is 5.91 Å². The number of carbonyl (C=O) groups is 1. The van der Waals surface area contributed by atoms with Crippen molar-refractivity contribution in [3.8, 4) is 5.75 Å². The molecule has 0 aromatic heterocycles. The molecular weight excluding hydrogens is 309 g/mol. The molecule has 0 saturated heterocycles. The quantitative estimate of drug-likeness (QED) is 0.582. The van der Waals surface area contributed by atoms with Crippen LogP contribution in [0.15, 0.2) is 24.3 Å². The fourth-order valence-electron chi connectivity index (χ4n) is 2.78. The third-order valence-corrected chi connectivity index (χ3v) is 4.13. The van der Waals surface area contributed by atoms with Gasteiger partial charge in [-0.15, -0.1) is 0 Å². The number of methoxy groups -OCH3 is 1. The number of benzene rings is 1. The van der Waals surface area contributed by atoms with Gasteiger partial charge in [0.25, 0.3) is 0 Å². The molecule has 1 aromatic rings. The van der Waals surface area contributed by atoms with Crippen LogP contribution in [0.2, 0.25) is 0 Å². The van der Waals surface area contributed by atoms with E-state index in [1.54, 1.807) is 12.1 Å². The second-order valence-corrected chi connectivity index (χ2v) is 6.00. The van der Waals surface area contributed by atoms with E-state index in [9.17, 15) is 9.18 Å². The van der Waals surface area contributed by atoms with Crippen molar-refractivity contribution in [2.45, 2.75) is 44.6 Å². The van der Waals surface area contributed by atoms with Crippen LogP contribution >= 0.6 is 0 Å². The Balaban J connectivity index is 1.62. The minimum atomic E-state index is -0.445. The summed E-state index contributed by atoms with van der Waals surface area (Å²) in [6.45, 7) is 1.26. The van der Waals surface area contributed by atoms with Gasteiger partial charge in [-0.25, -0.2) is 4.39 Å². The number of rotatable bonds is 8. The Kier molecular flexibility index (Phi) is 7.75. The molecule has 1 aliphatic carbocycles. The Hall–Kier alpha value is -1.88. The molecular formula is C19H26FNO3. The van der Waals surface area contributed by atoms with Crippen LogP contribution in [0.25, 0.3) is 6.08 Å². The van der Waals surface area contributed by atoms with Gasteiger partial charge in [0.05, 0.1) is 13.2 Å². The van der Waals surface area contributed by atoms with E-state index in [1.807, 2.05) is 0 Å². The topological polar surface area (TPSA) is 47.6 Å². The molecule has 24 heavy (non-hydrogen) atoms. The van der Waals surface area contributed by atoms with Gasteiger partial charge in [-0.3, -0.25) is 4.79 Å². The van der Waals surface area contributed by atoms with Crippen LogP contribution in [-0.2, 0) is 9.53 Å². The van der Waals surface area contributed by atoms with E-state index in [2.05, 4.69) is 5.32 Å². The van der Waals surface area contributed by atoms with E-state index in [4.69, 9.17) is 9.47 Å². The Labute approximate surface area is 143 Å². The highest BCUT2D eigenvalue weighted by Gasteiger charge is 2.12. The van der Waals surface area contributed by atoms with Gasteiger partial charge in [-0.2, -0.15) is 0 Å². The maximum atomic E-state index is 13.5. The van der Waals surface area contributed by atoms with Crippen molar-refractivity contribution in [1.82, 2.24) is 5.32 Å². The van der Waals surface area contributed by atoms with Crippen LogP contribution in [0, 0.1) is 5.82 Å². The standard InChI is InChI=1S/C19H26FNO3/c1-23-18-10-8-15(14-17(18)20)9-11-19(22)21-12-5-13-24-16-6-3-2-4-7-16/h8-11,14,16H,2-7,12-13H2,1H3,(H,21,22)/b11-9+. The summed E-state index contributed by atoms with van der Waals surface area (Å²) in [5.74, 6) is -0.446. The number of ether oxygens (including phenoxy) is 2. The fraction of sp³-hybridized carbons (Fsp3) is 0.526. The molecule has 0 bridgehead atoms. The van der Waals surface area contributed by atoms with Crippen LogP contribution in [0.3, 0.4) is 0 Å². The summed E-state index contributed by atoms with van der Waals surface area (Å²) >= 11 is 0. The Bertz CT molecular complexity index is 554. The normalized spacial score (nSPS) is 15.6. The van der Waals surface area contributed by atoms with Crippen LogP contribution in [0.5, 0.6) is 5.75 Å². The van der Waals surface area contributed by atoms with Gasteiger partial charge in [0.15, 0.2) is 11.6 Å². The lowest BCUT2D eigenvalue weighted by Crippen LogP contribution is -2.24. The summed E-state index contributed by atoms with van der Waals surface area (Å²) < 4.78 is 24.2. The smallest absolute Gasteiger partial charge is 0.244 e. The second kappa shape index (κ2) is 10.1. The number of hydrogen-bond donors (Lipinski definition) is 1. The molecule has 132 valence electrons. The van der Waals surface area contributed by atoms with Crippen LogP contribution in [0.4, 0.5) is 4.39 Å². The zero-order valence-electron chi connectivity index (χ0n) is 14.2. The van der Waals surface area contributed by atoms with Gasteiger partial charge in [-0.1, -0.05) is 25.3 Å². The van der Waals surface area contributed by atoms with Gasteiger partial charge < -0.3 is 14.8 Å². The number of halogens is 1. The van der Waals surface area contributed by atoms with Gasteiger partial charge in [0.1, 0.15) is 0 Å². The number of nitrogens with one attached hydrogen (secondary N) is 1. The summed E-state index contributed by atoms with van der Waals surface area (Å²) in [5.41, 5.74) is 0.615. The van der Waals surface area contributed by atoms with E-state index in [1.165, 1.54) is 44.6 Å². The second-order valence-electron chi connectivity index (χ2n) is 6.00. The summed E-state index contributed by atoms with van der Waals surface area (Å²) in [6.07, 6.45) is 10.4. The van der Waals surface area contributed by atoms with Crippen molar-refractivity contribution in [2.75, 3.05) is 20.3 Å². The van der Waals surface area contributed by atoms with E-state index in [0.717, 1.165) is 19.3 Å². The third kappa shape index (κ3) is 6.32. The van der Waals surface area contributed by atoms with Crippen molar-refractivity contribution in [1.29, 1.82) is 0 Å². The van der Waals surface area contributed by atoms with E-state index < -0.39 is 5.82 Å². The summed E-state index contributed by atoms with van der Waals surface area (Å²) in [4.78, 5) is 11.7. The molecule has 5 heteroatoms. The molecule has 0 spiro atoms. The molecule has 0 heterocycles. The zero-order chi connectivity index (χ0) is 17.2. The highest BCUT2D eigenvalue weighted by molar-refractivity contribution is 5.91. The highest BCUT2D eigenvalue weighted by Crippen LogP contribution is 2.20. The molecule has 4 nitrogen and oxygen atoms in total. The molecule has 1 saturated carbocycles. The van der Waals surface area contributed by atoms with Gasteiger partial charge >= 0.3 is 0 Å². The number of amides is 1. The van der Waals surface area contributed by atoms with Crippen molar-refractivity contribution < 1.29 is 18.7 Å². The van der Waals surface area contributed by atoms with Crippen molar-refractivity contribution >= 4 is 12.0 Å². The highest BCUT2D eigenvalue weighted by atomic mass is 19.1. The fourth-order valence-corrected chi connectivity index (χ4v) is 2.78. The first-order chi connectivity index (χ1) is 11.7. The molecule has 1 fully saturated rings. The predicted molar refractivity (Wildman–Crippen MR) is 92.4 cm³/mol. The summed E-state index contributed by atoms with van der Waals surface area (Å²) in [6, 6.07) is 4.57. The Morgan fingerprint density at radius 3 is 2.83 bits per heavy atom. The number of carbonyl (C=O) groups excluding carboxylic acids is 1. The molecule has 0 radical (unpaired) electrons. The van der Waals surface area contributed by atoms with Crippen LogP contribution in [0.1, 0.15) is 44.1 Å². The molecule has 1 aliphatic rings. The summed E-state index contributed by atoms with van der Waals surface area (Å²) in [5, 5.41) is 2.80. The lowest BCUT2D eigenvalue weighted by molar-refractivity contribution is -0.116. The zero-order valence-corrected chi connectivity index (χ0v) is 14.2. The van der Waals surface area contributed by atoms with Gasteiger partial charge in [0, 0.05) is 19.2 Å². The van der Waals surface area contributed by atoms with Crippen molar-refractivity contribution in [2.24, 2.45) is 0 Å². The average Bonchev–Trinajstić information content (AvgIpc) is 2.60. The number of hydrogen-bond acceptors (Lipinski definition) is 3. The molecule has 0 aliphatic heterocycles. The van der Waals surface area contributed by atoms with Crippen LogP contribution in [-0.4, -0.2) is 32.3 Å². The largest absolute Gasteiger partial charge is 0.494 e. The lowest BCUT2D eigenvalue weighted by atomic mass is 9.98. The SMILES string of the molecule is COc1ccc(/C=C/C(=O)NCCCOC2CCCCC2)cc1F.